The van der Waals surface area contributed by atoms with E-state index in [-0.39, 0.29) is 17.4 Å². The number of hydrogen-bond acceptors (Lipinski definition) is 2. The Balaban J connectivity index is 1.89. The second-order valence-corrected chi connectivity index (χ2v) is 7.28. The minimum atomic E-state index is -0.370. The molecule has 0 bridgehead atoms. The summed E-state index contributed by atoms with van der Waals surface area (Å²) in [5.41, 5.74) is 2.49. The summed E-state index contributed by atoms with van der Waals surface area (Å²) >= 11 is 6.09. The molecule has 0 spiro atoms. The molecule has 1 amide bonds. The molecule has 4 heteroatoms. The maximum atomic E-state index is 13.3. The highest BCUT2D eigenvalue weighted by molar-refractivity contribution is 6.30. The lowest BCUT2D eigenvalue weighted by molar-refractivity contribution is -0.141. The van der Waals surface area contributed by atoms with Gasteiger partial charge in [0.1, 0.15) is 0 Å². The van der Waals surface area contributed by atoms with E-state index in [9.17, 15) is 4.79 Å². The van der Waals surface area contributed by atoms with E-state index in [2.05, 4.69) is 18.8 Å². The first-order chi connectivity index (χ1) is 12.6. The quantitative estimate of drug-likeness (QED) is 0.549. The number of rotatable bonds is 4. The fraction of sp³-hybridized carbons (Fsp3) is 0.273. The van der Waals surface area contributed by atoms with E-state index in [0.717, 1.165) is 35.0 Å². The normalized spacial score (nSPS) is 18.8. The van der Waals surface area contributed by atoms with Crippen molar-refractivity contribution < 1.29 is 4.79 Å². The fourth-order valence-electron chi connectivity index (χ4n) is 4.24. The zero-order valence-corrected chi connectivity index (χ0v) is 15.7. The van der Waals surface area contributed by atoms with Gasteiger partial charge in [0.25, 0.3) is 0 Å². The highest BCUT2D eigenvalue weighted by Crippen LogP contribution is 2.56. The molecule has 1 atom stereocenters. The van der Waals surface area contributed by atoms with Gasteiger partial charge < -0.3 is 4.90 Å². The zero-order valence-electron chi connectivity index (χ0n) is 14.9. The van der Waals surface area contributed by atoms with Crippen LogP contribution in [-0.2, 0) is 4.79 Å². The molecule has 0 N–H and O–H groups in total. The molecule has 0 radical (unpaired) electrons. The van der Waals surface area contributed by atoms with Crippen molar-refractivity contribution in [3.05, 3.63) is 71.4 Å². The second kappa shape index (κ2) is 6.40. The number of carbonyl (C=O) groups excluding carboxylic acids is 1. The van der Waals surface area contributed by atoms with Crippen LogP contribution in [0.25, 0.3) is 10.9 Å². The van der Waals surface area contributed by atoms with Crippen molar-refractivity contribution in [1.82, 2.24) is 4.98 Å². The maximum Gasteiger partial charge on any atom is 0.236 e. The van der Waals surface area contributed by atoms with Crippen LogP contribution in [0.1, 0.15) is 38.3 Å². The number of fused-ring (bicyclic) bond motifs is 1. The topological polar surface area (TPSA) is 33.2 Å². The van der Waals surface area contributed by atoms with Crippen molar-refractivity contribution in [3.8, 4) is 0 Å². The van der Waals surface area contributed by atoms with Gasteiger partial charge in [-0.2, -0.15) is 0 Å². The van der Waals surface area contributed by atoms with Crippen LogP contribution in [0.15, 0.2) is 60.8 Å². The highest BCUT2D eigenvalue weighted by atomic mass is 35.5. The number of halogens is 1. The summed E-state index contributed by atoms with van der Waals surface area (Å²) in [6.07, 6.45) is 3.40. The van der Waals surface area contributed by atoms with Crippen LogP contribution in [0.3, 0.4) is 0 Å². The number of β-lactam (4-membered cyclic amide) rings is 1. The summed E-state index contributed by atoms with van der Waals surface area (Å²) in [6, 6.07) is 17.8. The number of benzene rings is 2. The van der Waals surface area contributed by atoms with Gasteiger partial charge in [-0.15, -0.1) is 0 Å². The monoisotopic (exact) mass is 364 g/mol. The van der Waals surface area contributed by atoms with Crippen LogP contribution in [0.2, 0.25) is 5.02 Å². The fourth-order valence-corrected chi connectivity index (χ4v) is 4.36. The minimum Gasteiger partial charge on any atom is -0.301 e. The number of hydrogen-bond donors (Lipinski definition) is 0. The van der Waals surface area contributed by atoms with E-state index in [1.54, 1.807) is 6.20 Å². The van der Waals surface area contributed by atoms with Gasteiger partial charge in [0.2, 0.25) is 5.91 Å². The van der Waals surface area contributed by atoms with Gasteiger partial charge >= 0.3 is 0 Å². The Morgan fingerprint density at radius 3 is 2.42 bits per heavy atom. The third kappa shape index (κ3) is 2.34. The van der Waals surface area contributed by atoms with Gasteiger partial charge in [0, 0.05) is 16.6 Å². The van der Waals surface area contributed by atoms with Crippen LogP contribution in [0.5, 0.6) is 0 Å². The zero-order chi connectivity index (χ0) is 18.3. The molecule has 3 aromatic rings. The maximum absolute atomic E-state index is 13.3. The van der Waals surface area contributed by atoms with Crippen LogP contribution >= 0.6 is 11.6 Å². The summed E-state index contributed by atoms with van der Waals surface area (Å²) in [5.74, 6) is 0.181. The van der Waals surface area contributed by atoms with E-state index in [4.69, 9.17) is 11.6 Å². The Hall–Kier alpha value is -2.39. The first kappa shape index (κ1) is 17.0. The first-order valence-electron chi connectivity index (χ1n) is 9.05. The van der Waals surface area contributed by atoms with Crippen molar-refractivity contribution in [3.63, 3.8) is 0 Å². The van der Waals surface area contributed by atoms with E-state index in [1.807, 2.05) is 59.5 Å². The molecule has 2 heterocycles. The number of nitrogens with zero attached hydrogens (tertiary/aromatic N) is 2. The standard InChI is InChI=1S/C22H21ClN2O/c1-3-22(4-2)20(16-10-12-17(23)13-11-16)25(21(22)26)18-9-5-7-15-8-6-14-24-19(15)18/h5-14,20H,3-4H2,1-2H3. The lowest BCUT2D eigenvalue weighted by atomic mass is 9.64. The smallest absolute Gasteiger partial charge is 0.236 e. The third-order valence-electron chi connectivity index (χ3n) is 5.74. The average Bonchev–Trinajstić information content (AvgIpc) is 2.68. The average molecular weight is 365 g/mol. The SMILES string of the molecule is CCC1(CC)C(=O)N(c2cccc3cccnc23)C1c1ccc(Cl)cc1. The number of aromatic nitrogens is 1. The van der Waals surface area contributed by atoms with Gasteiger partial charge in [0.15, 0.2) is 0 Å². The molecular formula is C22H21ClN2O. The van der Waals surface area contributed by atoms with Gasteiger partial charge in [-0.3, -0.25) is 9.78 Å². The van der Waals surface area contributed by atoms with E-state index in [1.165, 1.54) is 0 Å². The Labute approximate surface area is 158 Å². The minimum absolute atomic E-state index is 0.00475. The van der Waals surface area contributed by atoms with Crippen LogP contribution in [0.4, 0.5) is 5.69 Å². The largest absolute Gasteiger partial charge is 0.301 e. The summed E-state index contributed by atoms with van der Waals surface area (Å²) < 4.78 is 0. The summed E-state index contributed by atoms with van der Waals surface area (Å²) in [7, 11) is 0. The Kier molecular flexibility index (Phi) is 4.20. The first-order valence-corrected chi connectivity index (χ1v) is 9.43. The van der Waals surface area contributed by atoms with Crippen LogP contribution in [-0.4, -0.2) is 10.9 Å². The molecule has 1 unspecified atom stereocenters. The lowest BCUT2D eigenvalue weighted by Crippen LogP contribution is -2.63. The number of pyridine rings is 1. The summed E-state index contributed by atoms with van der Waals surface area (Å²) in [6.45, 7) is 4.20. The molecule has 0 aliphatic carbocycles. The third-order valence-corrected chi connectivity index (χ3v) is 6.00. The molecule has 0 saturated carbocycles. The number of para-hydroxylation sites is 1. The molecule has 1 aliphatic heterocycles. The molecule has 1 saturated heterocycles. The van der Waals surface area contributed by atoms with Crippen molar-refractivity contribution >= 4 is 34.1 Å². The van der Waals surface area contributed by atoms with Crippen LogP contribution in [0, 0.1) is 5.41 Å². The highest BCUT2D eigenvalue weighted by Gasteiger charge is 2.59. The van der Waals surface area contributed by atoms with Gasteiger partial charge in [-0.05, 0) is 42.7 Å². The molecule has 1 aliphatic rings. The van der Waals surface area contributed by atoms with Gasteiger partial charge in [0.05, 0.1) is 22.7 Å². The van der Waals surface area contributed by atoms with Crippen molar-refractivity contribution in [2.75, 3.05) is 4.90 Å². The molecule has 3 nitrogen and oxygen atoms in total. The predicted octanol–water partition coefficient (Wildman–Crippen LogP) is 5.78. The van der Waals surface area contributed by atoms with E-state index >= 15 is 0 Å². The van der Waals surface area contributed by atoms with Gasteiger partial charge in [-0.1, -0.05) is 55.8 Å². The van der Waals surface area contributed by atoms with Crippen molar-refractivity contribution in [2.45, 2.75) is 32.7 Å². The molecule has 2 aromatic carbocycles. The lowest BCUT2D eigenvalue weighted by Gasteiger charge is -2.56. The number of amides is 1. The Morgan fingerprint density at radius 2 is 1.73 bits per heavy atom. The van der Waals surface area contributed by atoms with Gasteiger partial charge in [-0.25, -0.2) is 0 Å². The Morgan fingerprint density at radius 1 is 1.04 bits per heavy atom. The molecular weight excluding hydrogens is 344 g/mol. The van der Waals surface area contributed by atoms with E-state index < -0.39 is 0 Å². The Bertz CT molecular complexity index is 958. The molecule has 1 aromatic heterocycles. The summed E-state index contributed by atoms with van der Waals surface area (Å²) in [5, 5.41) is 1.74. The number of carbonyl (C=O) groups is 1. The van der Waals surface area contributed by atoms with Crippen molar-refractivity contribution in [1.29, 1.82) is 0 Å². The molecule has 1 fully saturated rings. The molecule has 26 heavy (non-hydrogen) atoms. The van der Waals surface area contributed by atoms with Crippen LogP contribution < -0.4 is 4.90 Å². The summed E-state index contributed by atoms with van der Waals surface area (Å²) in [4.78, 5) is 19.8. The van der Waals surface area contributed by atoms with E-state index in [0.29, 0.717) is 5.02 Å². The predicted molar refractivity (Wildman–Crippen MR) is 106 cm³/mol. The van der Waals surface area contributed by atoms with Crippen molar-refractivity contribution in [2.24, 2.45) is 5.41 Å². The number of anilines is 1. The molecule has 4 rings (SSSR count). The second-order valence-electron chi connectivity index (χ2n) is 6.84. The molecule has 132 valence electrons.